The van der Waals surface area contributed by atoms with Crippen molar-refractivity contribution in [3.05, 3.63) is 47.7 Å². The summed E-state index contributed by atoms with van der Waals surface area (Å²) < 4.78 is 5.05. The zero-order valence-electron chi connectivity index (χ0n) is 9.31. The van der Waals surface area contributed by atoms with E-state index in [1.165, 1.54) is 5.56 Å². The van der Waals surface area contributed by atoms with Crippen molar-refractivity contribution in [1.82, 2.24) is 0 Å². The van der Waals surface area contributed by atoms with Gasteiger partial charge in [0.1, 0.15) is 0 Å². The summed E-state index contributed by atoms with van der Waals surface area (Å²) in [5, 5.41) is 9.80. The molecule has 1 rings (SSSR count). The SMILES string of the molecule is CCOC=CCC(O)c1ccc(C)cc1. The van der Waals surface area contributed by atoms with E-state index in [0.717, 1.165) is 5.56 Å². The lowest BCUT2D eigenvalue weighted by Crippen LogP contribution is -1.95. The second-order valence-corrected chi connectivity index (χ2v) is 3.49. The fourth-order valence-corrected chi connectivity index (χ4v) is 1.27. The lowest BCUT2D eigenvalue weighted by molar-refractivity contribution is 0.179. The van der Waals surface area contributed by atoms with Crippen LogP contribution in [-0.2, 0) is 4.74 Å². The normalized spacial score (nSPS) is 13.0. The molecular formula is C13H18O2. The molecule has 15 heavy (non-hydrogen) atoms. The number of hydrogen-bond donors (Lipinski definition) is 1. The summed E-state index contributed by atoms with van der Waals surface area (Å²) in [5.74, 6) is 0. The minimum absolute atomic E-state index is 0.442. The molecule has 0 heterocycles. The third-order valence-electron chi connectivity index (χ3n) is 2.18. The summed E-state index contributed by atoms with van der Waals surface area (Å²) in [4.78, 5) is 0. The van der Waals surface area contributed by atoms with Gasteiger partial charge in [0.2, 0.25) is 0 Å². The molecule has 0 radical (unpaired) electrons. The maximum atomic E-state index is 9.80. The fourth-order valence-electron chi connectivity index (χ4n) is 1.27. The Morgan fingerprint density at radius 2 is 2.00 bits per heavy atom. The number of aliphatic hydroxyl groups excluding tert-OH is 1. The first-order valence-corrected chi connectivity index (χ1v) is 5.25. The molecule has 0 amide bonds. The van der Waals surface area contributed by atoms with Gasteiger partial charge in [-0.15, -0.1) is 0 Å². The van der Waals surface area contributed by atoms with Crippen molar-refractivity contribution in [3.63, 3.8) is 0 Å². The van der Waals surface area contributed by atoms with Crippen LogP contribution in [0.15, 0.2) is 36.6 Å². The molecule has 0 aliphatic rings. The van der Waals surface area contributed by atoms with Crippen LogP contribution in [0.1, 0.15) is 30.6 Å². The monoisotopic (exact) mass is 206 g/mol. The Morgan fingerprint density at radius 3 is 2.60 bits per heavy atom. The summed E-state index contributed by atoms with van der Waals surface area (Å²) in [5.41, 5.74) is 2.15. The molecule has 0 spiro atoms. The Balaban J connectivity index is 2.46. The van der Waals surface area contributed by atoms with Crippen LogP contribution in [0.5, 0.6) is 0 Å². The molecule has 2 nitrogen and oxygen atoms in total. The highest BCUT2D eigenvalue weighted by Crippen LogP contribution is 2.17. The van der Waals surface area contributed by atoms with E-state index < -0.39 is 6.10 Å². The van der Waals surface area contributed by atoms with Gasteiger partial charge in [0.15, 0.2) is 0 Å². The number of hydrogen-bond acceptors (Lipinski definition) is 2. The standard InChI is InChI=1S/C13H18O2/c1-3-15-10-4-5-13(14)12-8-6-11(2)7-9-12/h4,6-10,13-14H,3,5H2,1-2H3. The summed E-state index contributed by atoms with van der Waals surface area (Å²) in [6, 6.07) is 7.92. The molecule has 0 fully saturated rings. The first kappa shape index (κ1) is 11.8. The van der Waals surface area contributed by atoms with E-state index >= 15 is 0 Å². The lowest BCUT2D eigenvalue weighted by atomic mass is 10.1. The predicted octanol–water partition coefficient (Wildman–Crippen LogP) is 2.97. The van der Waals surface area contributed by atoms with Crippen molar-refractivity contribution in [3.8, 4) is 0 Å². The minimum Gasteiger partial charge on any atom is -0.502 e. The second kappa shape index (κ2) is 6.25. The number of aryl methyl sites for hydroxylation is 1. The Bertz CT molecular complexity index is 301. The van der Waals surface area contributed by atoms with E-state index in [9.17, 15) is 5.11 Å². The predicted molar refractivity (Wildman–Crippen MR) is 61.5 cm³/mol. The maximum absolute atomic E-state index is 9.80. The lowest BCUT2D eigenvalue weighted by Gasteiger charge is -2.08. The number of aliphatic hydroxyl groups is 1. The Kier molecular flexibility index (Phi) is 4.91. The highest BCUT2D eigenvalue weighted by molar-refractivity contribution is 5.23. The van der Waals surface area contributed by atoms with Gasteiger partial charge in [-0.25, -0.2) is 0 Å². The van der Waals surface area contributed by atoms with Crippen molar-refractivity contribution in [2.24, 2.45) is 0 Å². The van der Waals surface area contributed by atoms with Gasteiger partial charge in [-0.1, -0.05) is 29.8 Å². The molecule has 1 atom stereocenters. The van der Waals surface area contributed by atoms with Crippen LogP contribution in [0, 0.1) is 6.92 Å². The molecule has 1 aromatic carbocycles. The summed E-state index contributed by atoms with van der Waals surface area (Å²) in [7, 11) is 0. The van der Waals surface area contributed by atoms with E-state index in [1.807, 2.05) is 44.2 Å². The number of benzene rings is 1. The molecule has 0 aliphatic heterocycles. The Morgan fingerprint density at radius 1 is 1.33 bits per heavy atom. The summed E-state index contributed by atoms with van der Waals surface area (Å²) in [6.07, 6.45) is 3.62. The molecule has 0 aliphatic carbocycles. The highest BCUT2D eigenvalue weighted by atomic mass is 16.5. The molecule has 0 saturated carbocycles. The molecule has 1 unspecified atom stereocenters. The minimum atomic E-state index is -0.442. The summed E-state index contributed by atoms with van der Waals surface area (Å²) in [6.45, 7) is 4.63. The average molecular weight is 206 g/mol. The molecule has 0 bridgehead atoms. The zero-order chi connectivity index (χ0) is 11.1. The van der Waals surface area contributed by atoms with Crippen LogP contribution in [0.4, 0.5) is 0 Å². The van der Waals surface area contributed by atoms with Gasteiger partial charge in [0.25, 0.3) is 0 Å². The maximum Gasteiger partial charge on any atom is 0.0845 e. The second-order valence-electron chi connectivity index (χ2n) is 3.49. The van der Waals surface area contributed by atoms with Crippen molar-refractivity contribution in [2.75, 3.05) is 6.61 Å². The molecule has 1 N–H and O–H groups in total. The van der Waals surface area contributed by atoms with Gasteiger partial charge in [-0.2, -0.15) is 0 Å². The van der Waals surface area contributed by atoms with Crippen molar-refractivity contribution in [2.45, 2.75) is 26.4 Å². The van der Waals surface area contributed by atoms with Crippen LogP contribution < -0.4 is 0 Å². The molecule has 2 heteroatoms. The number of ether oxygens (including phenoxy) is 1. The van der Waals surface area contributed by atoms with E-state index in [2.05, 4.69) is 0 Å². The zero-order valence-corrected chi connectivity index (χ0v) is 9.31. The smallest absolute Gasteiger partial charge is 0.0845 e. The largest absolute Gasteiger partial charge is 0.502 e. The van der Waals surface area contributed by atoms with Crippen LogP contribution in [-0.4, -0.2) is 11.7 Å². The third kappa shape index (κ3) is 4.17. The Hall–Kier alpha value is -1.28. The van der Waals surface area contributed by atoms with Gasteiger partial charge in [0.05, 0.1) is 19.0 Å². The summed E-state index contributed by atoms with van der Waals surface area (Å²) >= 11 is 0. The topological polar surface area (TPSA) is 29.5 Å². The van der Waals surface area contributed by atoms with E-state index in [1.54, 1.807) is 6.26 Å². The first-order chi connectivity index (χ1) is 7.24. The molecular weight excluding hydrogens is 188 g/mol. The van der Waals surface area contributed by atoms with Crippen molar-refractivity contribution in [1.29, 1.82) is 0 Å². The van der Waals surface area contributed by atoms with Gasteiger partial charge >= 0.3 is 0 Å². The third-order valence-corrected chi connectivity index (χ3v) is 2.18. The van der Waals surface area contributed by atoms with E-state index in [-0.39, 0.29) is 0 Å². The quantitative estimate of drug-likeness (QED) is 0.750. The molecule has 0 saturated heterocycles. The van der Waals surface area contributed by atoms with E-state index in [4.69, 9.17) is 4.74 Å². The van der Waals surface area contributed by atoms with Gasteiger partial charge in [0, 0.05) is 0 Å². The van der Waals surface area contributed by atoms with Crippen LogP contribution in [0.2, 0.25) is 0 Å². The molecule has 0 aromatic heterocycles. The highest BCUT2D eigenvalue weighted by Gasteiger charge is 2.04. The van der Waals surface area contributed by atoms with Crippen LogP contribution in [0.25, 0.3) is 0 Å². The first-order valence-electron chi connectivity index (χ1n) is 5.25. The van der Waals surface area contributed by atoms with Crippen molar-refractivity contribution >= 4 is 0 Å². The van der Waals surface area contributed by atoms with Crippen LogP contribution in [0.3, 0.4) is 0 Å². The van der Waals surface area contributed by atoms with Gasteiger partial charge in [-0.3, -0.25) is 0 Å². The average Bonchev–Trinajstić information content (AvgIpc) is 2.25. The number of rotatable bonds is 5. The van der Waals surface area contributed by atoms with Gasteiger partial charge in [-0.05, 0) is 31.9 Å². The van der Waals surface area contributed by atoms with Gasteiger partial charge < -0.3 is 9.84 Å². The molecule has 1 aromatic rings. The van der Waals surface area contributed by atoms with E-state index in [0.29, 0.717) is 13.0 Å². The Labute approximate surface area is 91.2 Å². The van der Waals surface area contributed by atoms with Crippen molar-refractivity contribution < 1.29 is 9.84 Å². The van der Waals surface area contributed by atoms with Crippen LogP contribution >= 0.6 is 0 Å². The fraction of sp³-hybridized carbons (Fsp3) is 0.385. The molecule has 82 valence electrons.